The summed E-state index contributed by atoms with van der Waals surface area (Å²) in [7, 11) is 1.59. The Balaban J connectivity index is 1.51. The maximum absolute atomic E-state index is 13.0. The van der Waals surface area contributed by atoms with E-state index in [1.54, 1.807) is 36.3 Å². The standard InChI is InChI=1S/C22H24N2O3/c1-15-21(25)24(19-9-6-16-4-3-5-18(16)14-19)13-12-23(15)22(26)17-7-10-20(27-2)11-8-17/h6-11,14-15H,3-5,12-13H2,1-2H3/t15-/m1/s1. The van der Waals surface area contributed by atoms with Crippen LogP contribution in [0, 0.1) is 0 Å². The molecule has 4 rings (SSSR count). The number of anilines is 1. The Kier molecular flexibility index (Phi) is 4.60. The van der Waals surface area contributed by atoms with Crippen molar-refractivity contribution in [3.8, 4) is 5.75 Å². The molecule has 0 saturated carbocycles. The number of carbonyl (C=O) groups excluding carboxylic acids is 2. The number of aryl methyl sites for hydroxylation is 2. The van der Waals surface area contributed by atoms with Crippen LogP contribution in [0.2, 0.25) is 0 Å². The number of nitrogens with zero attached hydrogens (tertiary/aromatic N) is 2. The molecule has 0 spiro atoms. The average Bonchev–Trinajstić information content (AvgIpc) is 3.17. The quantitative estimate of drug-likeness (QED) is 0.841. The van der Waals surface area contributed by atoms with Crippen LogP contribution in [-0.2, 0) is 17.6 Å². The van der Waals surface area contributed by atoms with Gasteiger partial charge in [0.25, 0.3) is 5.91 Å². The summed E-state index contributed by atoms with van der Waals surface area (Å²) < 4.78 is 5.14. The van der Waals surface area contributed by atoms with Gasteiger partial charge in [-0.05, 0) is 73.7 Å². The van der Waals surface area contributed by atoms with E-state index < -0.39 is 6.04 Å². The zero-order chi connectivity index (χ0) is 19.0. The lowest BCUT2D eigenvalue weighted by Gasteiger charge is -2.39. The monoisotopic (exact) mass is 364 g/mol. The first kappa shape index (κ1) is 17.6. The van der Waals surface area contributed by atoms with Crippen molar-refractivity contribution in [2.24, 2.45) is 0 Å². The fourth-order valence-corrected chi connectivity index (χ4v) is 4.03. The van der Waals surface area contributed by atoms with Gasteiger partial charge in [-0.1, -0.05) is 6.07 Å². The maximum atomic E-state index is 13.0. The number of piperazine rings is 1. The van der Waals surface area contributed by atoms with Crippen LogP contribution in [0.5, 0.6) is 5.75 Å². The van der Waals surface area contributed by atoms with E-state index in [-0.39, 0.29) is 11.8 Å². The topological polar surface area (TPSA) is 49.9 Å². The van der Waals surface area contributed by atoms with Gasteiger partial charge in [-0.3, -0.25) is 9.59 Å². The highest BCUT2D eigenvalue weighted by Crippen LogP contribution is 2.29. The van der Waals surface area contributed by atoms with Gasteiger partial charge in [0.2, 0.25) is 5.91 Å². The lowest BCUT2D eigenvalue weighted by atomic mass is 10.1. The summed E-state index contributed by atoms with van der Waals surface area (Å²) in [5.74, 6) is 0.560. The van der Waals surface area contributed by atoms with Gasteiger partial charge in [0.05, 0.1) is 7.11 Å². The first-order valence-electron chi connectivity index (χ1n) is 9.46. The molecule has 2 aliphatic rings. The summed E-state index contributed by atoms with van der Waals surface area (Å²) in [5.41, 5.74) is 4.27. The number of rotatable bonds is 3. The Bertz CT molecular complexity index is 876. The minimum Gasteiger partial charge on any atom is -0.497 e. The summed E-state index contributed by atoms with van der Waals surface area (Å²) in [6.07, 6.45) is 3.40. The van der Waals surface area contributed by atoms with Gasteiger partial charge in [0.1, 0.15) is 11.8 Å². The van der Waals surface area contributed by atoms with Crippen LogP contribution in [0.1, 0.15) is 34.8 Å². The van der Waals surface area contributed by atoms with Crippen LogP contribution in [0.15, 0.2) is 42.5 Å². The van der Waals surface area contributed by atoms with E-state index in [9.17, 15) is 9.59 Å². The molecule has 140 valence electrons. The maximum Gasteiger partial charge on any atom is 0.254 e. The molecule has 0 bridgehead atoms. The second kappa shape index (κ2) is 7.06. The van der Waals surface area contributed by atoms with Gasteiger partial charge < -0.3 is 14.5 Å². The summed E-state index contributed by atoms with van der Waals surface area (Å²) in [6.45, 7) is 2.85. The first-order chi connectivity index (χ1) is 13.1. The average molecular weight is 364 g/mol. The van der Waals surface area contributed by atoms with Gasteiger partial charge in [0.15, 0.2) is 0 Å². The molecule has 0 aromatic heterocycles. The molecular formula is C22H24N2O3. The molecule has 2 aromatic rings. The van der Waals surface area contributed by atoms with E-state index in [0.29, 0.717) is 24.4 Å². The molecule has 0 unspecified atom stereocenters. The van der Waals surface area contributed by atoms with Crippen LogP contribution >= 0.6 is 0 Å². The third-order valence-corrected chi connectivity index (χ3v) is 5.65. The van der Waals surface area contributed by atoms with E-state index in [0.717, 1.165) is 18.5 Å². The zero-order valence-electron chi connectivity index (χ0n) is 15.8. The normalized spacial score (nSPS) is 19.2. The Labute approximate surface area is 159 Å². The predicted octanol–water partition coefficient (Wildman–Crippen LogP) is 3.06. The van der Waals surface area contributed by atoms with Gasteiger partial charge in [-0.25, -0.2) is 0 Å². The molecule has 2 aromatic carbocycles. The number of hydrogen-bond acceptors (Lipinski definition) is 3. The third-order valence-electron chi connectivity index (χ3n) is 5.65. The Hall–Kier alpha value is -2.82. The van der Waals surface area contributed by atoms with Crippen molar-refractivity contribution in [2.45, 2.75) is 32.2 Å². The number of ether oxygens (including phenoxy) is 1. The molecule has 1 heterocycles. The van der Waals surface area contributed by atoms with Crippen LogP contribution in [0.4, 0.5) is 5.69 Å². The second-order valence-electron chi connectivity index (χ2n) is 7.20. The SMILES string of the molecule is COc1ccc(C(=O)N2CCN(c3ccc4c(c3)CCC4)C(=O)[C@H]2C)cc1. The number of benzene rings is 2. The fourth-order valence-electron chi connectivity index (χ4n) is 4.03. The van der Waals surface area contributed by atoms with Crippen molar-refractivity contribution in [3.63, 3.8) is 0 Å². The predicted molar refractivity (Wildman–Crippen MR) is 104 cm³/mol. The highest BCUT2D eigenvalue weighted by atomic mass is 16.5. The van der Waals surface area contributed by atoms with Gasteiger partial charge in [0, 0.05) is 24.3 Å². The van der Waals surface area contributed by atoms with Crippen LogP contribution in [0.3, 0.4) is 0 Å². The molecule has 5 nitrogen and oxygen atoms in total. The van der Waals surface area contributed by atoms with Crippen molar-refractivity contribution in [3.05, 3.63) is 59.2 Å². The highest BCUT2D eigenvalue weighted by molar-refractivity contribution is 6.03. The summed E-state index contributed by atoms with van der Waals surface area (Å²) in [6, 6.07) is 12.9. The second-order valence-corrected chi connectivity index (χ2v) is 7.20. The highest BCUT2D eigenvalue weighted by Gasteiger charge is 2.35. The molecule has 1 fully saturated rings. The number of amides is 2. The fraction of sp³-hybridized carbons (Fsp3) is 0.364. The molecule has 27 heavy (non-hydrogen) atoms. The molecule has 1 aliphatic carbocycles. The Morgan fingerprint density at radius 2 is 1.78 bits per heavy atom. The largest absolute Gasteiger partial charge is 0.497 e. The molecule has 1 aliphatic heterocycles. The van der Waals surface area contributed by atoms with E-state index in [4.69, 9.17) is 4.74 Å². The van der Waals surface area contributed by atoms with Crippen molar-refractivity contribution < 1.29 is 14.3 Å². The minimum absolute atomic E-state index is 0.0268. The Morgan fingerprint density at radius 3 is 2.52 bits per heavy atom. The number of fused-ring (bicyclic) bond motifs is 1. The van der Waals surface area contributed by atoms with Crippen LogP contribution < -0.4 is 9.64 Å². The summed E-state index contributed by atoms with van der Waals surface area (Å²) >= 11 is 0. The van der Waals surface area contributed by atoms with E-state index in [1.165, 1.54) is 17.5 Å². The molecule has 0 N–H and O–H groups in total. The first-order valence-corrected chi connectivity index (χ1v) is 9.46. The minimum atomic E-state index is -0.485. The third kappa shape index (κ3) is 3.18. The van der Waals surface area contributed by atoms with E-state index in [2.05, 4.69) is 12.1 Å². The molecular weight excluding hydrogens is 340 g/mol. The molecule has 0 radical (unpaired) electrons. The zero-order valence-corrected chi connectivity index (χ0v) is 15.8. The van der Waals surface area contributed by atoms with Crippen LogP contribution in [0.25, 0.3) is 0 Å². The van der Waals surface area contributed by atoms with E-state index in [1.807, 2.05) is 17.9 Å². The number of methoxy groups -OCH3 is 1. The van der Waals surface area contributed by atoms with Crippen molar-refractivity contribution in [1.29, 1.82) is 0 Å². The van der Waals surface area contributed by atoms with Crippen LogP contribution in [-0.4, -0.2) is 43.0 Å². The molecule has 1 atom stereocenters. The van der Waals surface area contributed by atoms with Gasteiger partial charge in [-0.2, -0.15) is 0 Å². The molecule has 5 heteroatoms. The lowest BCUT2D eigenvalue weighted by Crippen LogP contribution is -2.57. The van der Waals surface area contributed by atoms with Crippen molar-refractivity contribution in [1.82, 2.24) is 4.90 Å². The Morgan fingerprint density at radius 1 is 1.04 bits per heavy atom. The smallest absolute Gasteiger partial charge is 0.254 e. The van der Waals surface area contributed by atoms with Crippen molar-refractivity contribution in [2.75, 3.05) is 25.1 Å². The molecule has 2 amide bonds. The molecule has 1 saturated heterocycles. The van der Waals surface area contributed by atoms with E-state index >= 15 is 0 Å². The number of carbonyl (C=O) groups is 2. The van der Waals surface area contributed by atoms with Gasteiger partial charge >= 0.3 is 0 Å². The van der Waals surface area contributed by atoms with Crippen molar-refractivity contribution >= 4 is 17.5 Å². The lowest BCUT2D eigenvalue weighted by molar-refractivity contribution is -0.124. The number of hydrogen-bond donors (Lipinski definition) is 0. The summed E-state index contributed by atoms with van der Waals surface area (Å²) in [4.78, 5) is 29.3. The van der Waals surface area contributed by atoms with Gasteiger partial charge in [-0.15, -0.1) is 0 Å². The summed E-state index contributed by atoms with van der Waals surface area (Å²) in [5, 5.41) is 0.